The number of pyridine rings is 1. The van der Waals surface area contributed by atoms with Crippen LogP contribution in [0.3, 0.4) is 0 Å². The zero-order valence-corrected chi connectivity index (χ0v) is 11.9. The standard InChI is InChI=1S/C16H17F3N2/c1-11-6-5-7-13(21-11)10-20-12(2)14-8-3-4-9-15(14)16(17,18)19/h3-9,12,20H,10H2,1-2H3. The van der Waals surface area contributed by atoms with E-state index >= 15 is 0 Å². The number of hydrogen-bond donors (Lipinski definition) is 1. The fourth-order valence-electron chi connectivity index (χ4n) is 2.20. The lowest BCUT2D eigenvalue weighted by Crippen LogP contribution is -2.22. The molecule has 0 spiro atoms. The molecule has 0 aliphatic heterocycles. The molecule has 5 heteroatoms. The molecule has 1 unspecified atom stereocenters. The summed E-state index contributed by atoms with van der Waals surface area (Å²) in [6.45, 7) is 4.03. The van der Waals surface area contributed by atoms with Crippen molar-refractivity contribution in [3.8, 4) is 0 Å². The molecule has 0 saturated carbocycles. The second-order valence-electron chi connectivity index (χ2n) is 4.96. The first-order valence-electron chi connectivity index (χ1n) is 6.70. The molecule has 0 saturated heterocycles. The Morgan fingerprint density at radius 3 is 2.48 bits per heavy atom. The maximum atomic E-state index is 13.0. The second kappa shape index (κ2) is 6.26. The van der Waals surface area contributed by atoms with Crippen molar-refractivity contribution in [1.82, 2.24) is 10.3 Å². The summed E-state index contributed by atoms with van der Waals surface area (Å²) in [5.41, 5.74) is 1.35. The Bertz CT molecular complexity index is 608. The van der Waals surface area contributed by atoms with Crippen molar-refractivity contribution in [1.29, 1.82) is 0 Å². The molecule has 0 amide bonds. The van der Waals surface area contributed by atoms with Crippen LogP contribution in [0.4, 0.5) is 13.2 Å². The second-order valence-corrected chi connectivity index (χ2v) is 4.96. The van der Waals surface area contributed by atoms with Crippen molar-refractivity contribution in [3.05, 3.63) is 65.0 Å². The van der Waals surface area contributed by atoms with E-state index in [0.29, 0.717) is 6.54 Å². The summed E-state index contributed by atoms with van der Waals surface area (Å²) < 4.78 is 39.0. The number of nitrogens with one attached hydrogen (secondary N) is 1. The van der Waals surface area contributed by atoms with Crippen molar-refractivity contribution in [3.63, 3.8) is 0 Å². The van der Waals surface area contributed by atoms with E-state index in [2.05, 4.69) is 10.3 Å². The van der Waals surface area contributed by atoms with Gasteiger partial charge in [0, 0.05) is 18.3 Å². The zero-order valence-electron chi connectivity index (χ0n) is 11.9. The van der Waals surface area contributed by atoms with Gasteiger partial charge >= 0.3 is 6.18 Å². The monoisotopic (exact) mass is 294 g/mol. The van der Waals surface area contributed by atoms with Gasteiger partial charge in [0.2, 0.25) is 0 Å². The molecule has 2 rings (SSSR count). The SMILES string of the molecule is Cc1cccc(CNC(C)c2ccccc2C(F)(F)F)n1. The maximum Gasteiger partial charge on any atom is 0.416 e. The van der Waals surface area contributed by atoms with Gasteiger partial charge < -0.3 is 5.32 Å². The average molecular weight is 294 g/mol. The molecule has 1 aromatic carbocycles. The molecule has 2 aromatic rings. The number of aromatic nitrogens is 1. The van der Waals surface area contributed by atoms with Gasteiger partial charge in [-0.3, -0.25) is 4.98 Å². The Morgan fingerprint density at radius 1 is 1.10 bits per heavy atom. The van der Waals surface area contributed by atoms with Crippen LogP contribution in [0.1, 0.15) is 35.5 Å². The van der Waals surface area contributed by atoms with E-state index in [1.165, 1.54) is 12.1 Å². The van der Waals surface area contributed by atoms with Crippen LogP contribution in [0.2, 0.25) is 0 Å². The van der Waals surface area contributed by atoms with Crippen LogP contribution in [0, 0.1) is 6.92 Å². The third kappa shape index (κ3) is 4.04. The summed E-state index contributed by atoms with van der Waals surface area (Å²) >= 11 is 0. The van der Waals surface area contributed by atoms with Gasteiger partial charge in [0.25, 0.3) is 0 Å². The summed E-state index contributed by atoms with van der Waals surface area (Å²) in [5.74, 6) is 0. The van der Waals surface area contributed by atoms with Crippen LogP contribution in [0.5, 0.6) is 0 Å². The van der Waals surface area contributed by atoms with Crippen LogP contribution in [-0.2, 0) is 12.7 Å². The fourth-order valence-corrected chi connectivity index (χ4v) is 2.20. The Balaban J connectivity index is 2.12. The largest absolute Gasteiger partial charge is 0.416 e. The molecular formula is C16H17F3N2. The highest BCUT2D eigenvalue weighted by Crippen LogP contribution is 2.34. The number of hydrogen-bond acceptors (Lipinski definition) is 2. The lowest BCUT2D eigenvalue weighted by molar-refractivity contribution is -0.138. The van der Waals surface area contributed by atoms with Gasteiger partial charge in [-0.2, -0.15) is 13.2 Å². The minimum absolute atomic E-state index is 0.248. The molecule has 1 N–H and O–H groups in total. The fraction of sp³-hybridized carbons (Fsp3) is 0.312. The molecule has 1 aromatic heterocycles. The highest BCUT2D eigenvalue weighted by Gasteiger charge is 2.33. The lowest BCUT2D eigenvalue weighted by Gasteiger charge is -2.19. The summed E-state index contributed by atoms with van der Waals surface area (Å²) in [6.07, 6.45) is -4.34. The summed E-state index contributed by atoms with van der Waals surface area (Å²) in [5, 5.41) is 3.09. The van der Waals surface area contributed by atoms with Crippen LogP contribution >= 0.6 is 0 Å². The summed E-state index contributed by atoms with van der Waals surface area (Å²) in [6, 6.07) is 10.8. The molecule has 0 aliphatic rings. The number of benzene rings is 1. The lowest BCUT2D eigenvalue weighted by atomic mass is 10.0. The molecule has 0 bridgehead atoms. The minimum Gasteiger partial charge on any atom is -0.305 e. The first-order chi connectivity index (χ1) is 9.88. The number of halogens is 3. The highest BCUT2D eigenvalue weighted by atomic mass is 19.4. The van der Waals surface area contributed by atoms with E-state index in [1.807, 2.05) is 25.1 Å². The molecular weight excluding hydrogens is 277 g/mol. The van der Waals surface area contributed by atoms with Crippen LogP contribution < -0.4 is 5.32 Å². The van der Waals surface area contributed by atoms with Gasteiger partial charge in [-0.15, -0.1) is 0 Å². The zero-order chi connectivity index (χ0) is 15.5. The molecule has 2 nitrogen and oxygen atoms in total. The van der Waals surface area contributed by atoms with Crippen LogP contribution in [-0.4, -0.2) is 4.98 Å². The van der Waals surface area contributed by atoms with Gasteiger partial charge in [0.05, 0.1) is 11.3 Å². The van der Waals surface area contributed by atoms with Crippen molar-refractivity contribution in [2.24, 2.45) is 0 Å². The smallest absolute Gasteiger partial charge is 0.305 e. The van der Waals surface area contributed by atoms with E-state index in [0.717, 1.165) is 17.5 Å². The normalized spacial score (nSPS) is 13.2. The van der Waals surface area contributed by atoms with E-state index in [1.54, 1.807) is 13.0 Å². The Morgan fingerprint density at radius 2 is 1.81 bits per heavy atom. The van der Waals surface area contributed by atoms with Crippen molar-refractivity contribution < 1.29 is 13.2 Å². The quantitative estimate of drug-likeness (QED) is 0.911. The molecule has 1 atom stereocenters. The van der Waals surface area contributed by atoms with Gasteiger partial charge in [-0.25, -0.2) is 0 Å². The topological polar surface area (TPSA) is 24.9 Å². The first kappa shape index (κ1) is 15.5. The van der Waals surface area contributed by atoms with E-state index in [9.17, 15) is 13.2 Å². The Kier molecular flexibility index (Phi) is 4.63. The maximum absolute atomic E-state index is 13.0. The van der Waals surface area contributed by atoms with Crippen molar-refractivity contribution in [2.45, 2.75) is 32.6 Å². The third-order valence-electron chi connectivity index (χ3n) is 3.27. The summed E-state index contributed by atoms with van der Waals surface area (Å²) in [7, 11) is 0. The van der Waals surface area contributed by atoms with Gasteiger partial charge in [0.1, 0.15) is 0 Å². The van der Waals surface area contributed by atoms with E-state index < -0.39 is 17.8 Å². The summed E-state index contributed by atoms with van der Waals surface area (Å²) in [4.78, 5) is 4.33. The van der Waals surface area contributed by atoms with Crippen molar-refractivity contribution in [2.75, 3.05) is 0 Å². The molecule has 0 fully saturated rings. The van der Waals surface area contributed by atoms with E-state index in [-0.39, 0.29) is 5.56 Å². The number of rotatable bonds is 4. The van der Waals surface area contributed by atoms with Crippen LogP contribution in [0.25, 0.3) is 0 Å². The molecule has 21 heavy (non-hydrogen) atoms. The number of aryl methyl sites for hydroxylation is 1. The van der Waals surface area contributed by atoms with Crippen LogP contribution in [0.15, 0.2) is 42.5 Å². The van der Waals surface area contributed by atoms with Gasteiger partial charge in [0.15, 0.2) is 0 Å². The third-order valence-corrected chi connectivity index (χ3v) is 3.27. The Hall–Kier alpha value is -1.88. The van der Waals surface area contributed by atoms with Gasteiger partial charge in [-0.1, -0.05) is 24.3 Å². The first-order valence-corrected chi connectivity index (χ1v) is 6.70. The number of nitrogens with zero attached hydrogens (tertiary/aromatic N) is 1. The van der Waals surface area contributed by atoms with Gasteiger partial charge in [-0.05, 0) is 37.6 Å². The van der Waals surface area contributed by atoms with Crippen molar-refractivity contribution >= 4 is 0 Å². The molecule has 1 heterocycles. The molecule has 0 aliphatic carbocycles. The predicted molar refractivity (Wildman–Crippen MR) is 75.7 cm³/mol. The minimum atomic E-state index is -4.34. The number of alkyl halides is 3. The molecule has 0 radical (unpaired) electrons. The van der Waals surface area contributed by atoms with E-state index in [4.69, 9.17) is 0 Å². The predicted octanol–water partition coefficient (Wildman–Crippen LogP) is 4.26. The highest BCUT2D eigenvalue weighted by molar-refractivity contribution is 5.32. The molecule has 112 valence electrons. The average Bonchev–Trinajstić information content (AvgIpc) is 2.44. The Labute approximate surface area is 122 Å².